The Balaban J connectivity index is 4.28. The average Bonchev–Trinajstić information content (AvgIpc) is 3.28. The van der Waals surface area contributed by atoms with Gasteiger partial charge in [-0.1, -0.05) is 204 Å². The molecular formula is C57H106NO8+. The number of hydrogen-bond donors (Lipinski definition) is 1. The van der Waals surface area contributed by atoms with Crippen LogP contribution in [-0.4, -0.2) is 87.4 Å². The summed E-state index contributed by atoms with van der Waals surface area (Å²) in [6.45, 7) is 4.88. The number of carboxylic acid groups (broad SMARTS) is 1. The topological polar surface area (TPSA) is 108 Å². The lowest BCUT2D eigenvalue weighted by atomic mass is 10.0. The van der Waals surface area contributed by atoms with Crippen molar-refractivity contribution in [3.8, 4) is 0 Å². The Morgan fingerprint density at radius 3 is 1.21 bits per heavy atom. The summed E-state index contributed by atoms with van der Waals surface area (Å²) < 4.78 is 22.9. The maximum atomic E-state index is 12.9. The second-order valence-electron chi connectivity index (χ2n) is 19.9. The van der Waals surface area contributed by atoms with E-state index in [0.29, 0.717) is 17.4 Å². The Morgan fingerprint density at radius 1 is 0.455 bits per heavy atom. The highest BCUT2D eigenvalue weighted by Crippen LogP contribution is 2.16. The van der Waals surface area contributed by atoms with Gasteiger partial charge in [0.25, 0.3) is 6.29 Å². The van der Waals surface area contributed by atoms with Gasteiger partial charge in [-0.2, -0.15) is 0 Å². The van der Waals surface area contributed by atoms with E-state index in [2.05, 4.69) is 50.3 Å². The van der Waals surface area contributed by atoms with Gasteiger partial charge in [0.2, 0.25) is 0 Å². The SMILES string of the molecule is CCCCCCC/C=C\C/C=C\CCCCCCCCCCCCCC(=O)OC(COC(=O)CCCCCCCCC/C=C\CCCCCCCCC)COC(OCC[N+](C)(C)C)C(=O)O. The standard InChI is InChI=1S/C57H105NO8/c1-6-8-10-12-14-16-18-20-22-24-26-27-28-29-30-32-34-36-38-40-42-44-46-48-55(60)66-53(52-65-57(56(61)62)63-50-49-58(3,4)5)51-64-54(59)47-45-43-41-39-37-35-33-31-25-23-21-19-17-15-13-11-9-7-2/h18,20,23-26,53,57H,6-17,19,21-22,27-52H2,1-5H3/p+1/b20-18-,25-23-,26-24-. The van der Waals surface area contributed by atoms with Gasteiger partial charge in [-0.05, 0) is 70.6 Å². The van der Waals surface area contributed by atoms with E-state index in [1.54, 1.807) is 0 Å². The van der Waals surface area contributed by atoms with Crippen molar-refractivity contribution >= 4 is 17.9 Å². The molecule has 2 atom stereocenters. The van der Waals surface area contributed by atoms with Gasteiger partial charge in [0.1, 0.15) is 13.2 Å². The first-order chi connectivity index (χ1) is 32.1. The number of carbonyl (C=O) groups is 3. The van der Waals surface area contributed by atoms with Crippen molar-refractivity contribution in [3.63, 3.8) is 0 Å². The average molecular weight is 933 g/mol. The molecule has 9 nitrogen and oxygen atoms in total. The lowest BCUT2D eigenvalue weighted by Gasteiger charge is -2.25. The first-order valence-corrected chi connectivity index (χ1v) is 27.7. The van der Waals surface area contributed by atoms with Crippen LogP contribution in [0.15, 0.2) is 36.5 Å². The number of carbonyl (C=O) groups excluding carboxylic acids is 2. The monoisotopic (exact) mass is 933 g/mol. The highest BCUT2D eigenvalue weighted by Gasteiger charge is 2.25. The van der Waals surface area contributed by atoms with Gasteiger partial charge in [0.05, 0.1) is 34.4 Å². The van der Waals surface area contributed by atoms with Crippen LogP contribution in [0.5, 0.6) is 0 Å². The molecule has 0 aromatic rings. The number of allylic oxidation sites excluding steroid dienone is 6. The van der Waals surface area contributed by atoms with E-state index in [-0.39, 0.29) is 32.2 Å². The molecule has 0 bridgehead atoms. The Hall–Kier alpha value is -2.49. The van der Waals surface area contributed by atoms with Crippen LogP contribution < -0.4 is 0 Å². The molecule has 386 valence electrons. The Bertz CT molecular complexity index is 1180. The van der Waals surface area contributed by atoms with Crippen molar-refractivity contribution in [2.24, 2.45) is 0 Å². The second-order valence-corrected chi connectivity index (χ2v) is 19.9. The van der Waals surface area contributed by atoms with E-state index in [1.807, 2.05) is 21.1 Å². The van der Waals surface area contributed by atoms with Gasteiger partial charge in [0.15, 0.2) is 6.10 Å². The van der Waals surface area contributed by atoms with E-state index in [9.17, 15) is 19.5 Å². The number of rotatable bonds is 51. The minimum atomic E-state index is -1.51. The summed E-state index contributed by atoms with van der Waals surface area (Å²) in [5, 5.41) is 9.69. The van der Waals surface area contributed by atoms with E-state index in [0.717, 1.165) is 44.9 Å². The van der Waals surface area contributed by atoms with Crippen molar-refractivity contribution in [1.29, 1.82) is 0 Å². The fourth-order valence-corrected chi connectivity index (χ4v) is 7.80. The van der Waals surface area contributed by atoms with Crippen LogP contribution in [0.2, 0.25) is 0 Å². The van der Waals surface area contributed by atoms with Crippen molar-refractivity contribution in [1.82, 2.24) is 0 Å². The third kappa shape index (κ3) is 49.4. The Kier molecular flexibility index (Phi) is 47.1. The maximum absolute atomic E-state index is 12.9. The number of carboxylic acids is 1. The van der Waals surface area contributed by atoms with Gasteiger partial charge in [0, 0.05) is 12.8 Å². The molecule has 0 heterocycles. The largest absolute Gasteiger partial charge is 0.477 e. The summed E-state index contributed by atoms with van der Waals surface area (Å²) in [5.41, 5.74) is 0. The highest BCUT2D eigenvalue weighted by atomic mass is 16.7. The molecule has 0 aromatic carbocycles. The molecule has 0 spiro atoms. The number of esters is 2. The number of ether oxygens (including phenoxy) is 4. The van der Waals surface area contributed by atoms with E-state index >= 15 is 0 Å². The molecule has 0 fully saturated rings. The molecular weight excluding hydrogens is 827 g/mol. The number of hydrogen-bond acceptors (Lipinski definition) is 7. The van der Waals surface area contributed by atoms with Gasteiger partial charge in [-0.3, -0.25) is 9.59 Å². The van der Waals surface area contributed by atoms with Crippen molar-refractivity contribution < 1.29 is 42.9 Å². The molecule has 0 saturated carbocycles. The van der Waals surface area contributed by atoms with Gasteiger partial charge < -0.3 is 28.5 Å². The minimum absolute atomic E-state index is 0.183. The fraction of sp³-hybridized carbons (Fsp3) is 0.842. The van der Waals surface area contributed by atoms with Gasteiger partial charge in [-0.25, -0.2) is 4.79 Å². The molecule has 0 radical (unpaired) electrons. The molecule has 9 heteroatoms. The van der Waals surface area contributed by atoms with Crippen LogP contribution in [0, 0.1) is 0 Å². The summed E-state index contributed by atoms with van der Waals surface area (Å²) in [4.78, 5) is 37.4. The predicted octanol–water partition coefficient (Wildman–Crippen LogP) is 15.7. The number of likely N-dealkylation sites (N-methyl/N-ethyl adjacent to an activating group) is 1. The van der Waals surface area contributed by atoms with E-state index in [1.165, 1.54) is 180 Å². The first-order valence-electron chi connectivity index (χ1n) is 27.7. The lowest BCUT2D eigenvalue weighted by Crippen LogP contribution is -2.40. The highest BCUT2D eigenvalue weighted by molar-refractivity contribution is 5.71. The zero-order chi connectivity index (χ0) is 48.4. The van der Waals surface area contributed by atoms with Crippen LogP contribution in [0.1, 0.15) is 251 Å². The summed E-state index contributed by atoms with van der Waals surface area (Å²) in [7, 11) is 5.97. The van der Waals surface area contributed by atoms with E-state index in [4.69, 9.17) is 18.9 Å². The van der Waals surface area contributed by atoms with Crippen LogP contribution in [0.4, 0.5) is 0 Å². The Labute approximate surface area is 407 Å². The zero-order valence-corrected chi connectivity index (χ0v) is 43.9. The normalized spacial score (nSPS) is 13.0. The fourth-order valence-electron chi connectivity index (χ4n) is 7.80. The van der Waals surface area contributed by atoms with E-state index < -0.39 is 24.3 Å². The third-order valence-corrected chi connectivity index (χ3v) is 12.1. The summed E-state index contributed by atoms with van der Waals surface area (Å²) >= 11 is 0. The van der Waals surface area contributed by atoms with Gasteiger partial charge in [-0.15, -0.1) is 0 Å². The molecule has 66 heavy (non-hydrogen) atoms. The van der Waals surface area contributed by atoms with Crippen molar-refractivity contribution in [2.75, 3.05) is 47.5 Å². The third-order valence-electron chi connectivity index (χ3n) is 12.1. The Morgan fingerprint density at radius 2 is 0.818 bits per heavy atom. The second kappa shape index (κ2) is 48.9. The molecule has 0 aliphatic heterocycles. The van der Waals surface area contributed by atoms with Crippen LogP contribution in [0.25, 0.3) is 0 Å². The molecule has 0 aromatic heterocycles. The quantitative estimate of drug-likeness (QED) is 0.0211. The van der Waals surface area contributed by atoms with Crippen LogP contribution in [0.3, 0.4) is 0 Å². The maximum Gasteiger partial charge on any atom is 0.361 e. The summed E-state index contributed by atoms with van der Waals surface area (Å²) in [5.74, 6) is -2.00. The number of nitrogens with zero attached hydrogens (tertiary/aromatic N) is 1. The molecule has 0 aliphatic carbocycles. The summed E-state index contributed by atoms with van der Waals surface area (Å²) in [6.07, 6.45) is 54.9. The first kappa shape index (κ1) is 63.5. The van der Waals surface area contributed by atoms with Crippen LogP contribution >= 0.6 is 0 Å². The number of quaternary nitrogens is 1. The molecule has 0 aliphatic rings. The van der Waals surface area contributed by atoms with Gasteiger partial charge >= 0.3 is 17.9 Å². The smallest absolute Gasteiger partial charge is 0.361 e. The molecule has 2 unspecified atom stereocenters. The molecule has 0 amide bonds. The molecule has 0 saturated heterocycles. The molecule has 0 rings (SSSR count). The lowest BCUT2D eigenvalue weighted by molar-refractivity contribution is -0.870. The number of unbranched alkanes of at least 4 members (excludes halogenated alkanes) is 30. The summed E-state index contributed by atoms with van der Waals surface area (Å²) in [6, 6.07) is 0. The number of aliphatic carboxylic acids is 1. The van der Waals surface area contributed by atoms with Crippen LogP contribution in [-0.2, 0) is 33.3 Å². The predicted molar refractivity (Wildman–Crippen MR) is 277 cm³/mol. The van der Waals surface area contributed by atoms with Crippen molar-refractivity contribution in [2.45, 2.75) is 264 Å². The minimum Gasteiger partial charge on any atom is -0.477 e. The van der Waals surface area contributed by atoms with Crippen molar-refractivity contribution in [3.05, 3.63) is 36.5 Å². The zero-order valence-electron chi connectivity index (χ0n) is 43.9. The molecule has 1 N–H and O–H groups in total.